The summed E-state index contributed by atoms with van der Waals surface area (Å²) in [6.07, 6.45) is 61.4. The molecule has 3 N–H and O–H groups in total. The molecule has 12 heteroatoms. The fourth-order valence-corrected chi connectivity index (χ4v) is 9.49. The first kappa shape index (κ1) is 74.9. The van der Waals surface area contributed by atoms with E-state index in [4.69, 9.17) is 23.7 Å². The number of allylic oxidation sites excluding steroid dienone is 13. The molecule has 1 rings (SSSR count). The van der Waals surface area contributed by atoms with E-state index in [0.717, 1.165) is 89.9 Å². The average Bonchev–Trinajstić information content (AvgIpc) is 3.52. The number of unbranched alkanes of at least 4 members (excludes halogenated alkanes) is 28. The van der Waals surface area contributed by atoms with Crippen LogP contribution in [0.25, 0.3) is 0 Å². The Kier molecular flexibility index (Phi) is 52.1. The minimum atomic E-state index is -1.92. The van der Waals surface area contributed by atoms with Crippen molar-refractivity contribution < 1.29 is 58.2 Å². The molecule has 1 aliphatic rings. The number of carboxylic acids is 1. The summed E-state index contributed by atoms with van der Waals surface area (Å²) in [6.45, 7) is 5.81. The fourth-order valence-electron chi connectivity index (χ4n) is 9.49. The third-order valence-corrected chi connectivity index (χ3v) is 14.5. The minimum Gasteiger partial charge on any atom is -0.479 e. The summed E-state index contributed by atoms with van der Waals surface area (Å²) in [7, 11) is 0. The van der Waals surface area contributed by atoms with E-state index in [1.54, 1.807) is 6.08 Å². The molecule has 0 amide bonds. The van der Waals surface area contributed by atoms with Crippen LogP contribution >= 0.6 is 0 Å². The van der Waals surface area contributed by atoms with Gasteiger partial charge >= 0.3 is 23.9 Å². The maximum Gasteiger partial charge on any atom is 0.335 e. The zero-order chi connectivity index (χ0) is 58.9. The number of aliphatic carboxylic acids is 1. The fraction of sp³-hybridized carbons (Fsp3) is 0.739. The van der Waals surface area contributed by atoms with Crippen molar-refractivity contribution in [3.8, 4) is 0 Å². The lowest BCUT2D eigenvalue weighted by Gasteiger charge is -2.40. The van der Waals surface area contributed by atoms with E-state index in [0.29, 0.717) is 19.3 Å². The van der Waals surface area contributed by atoms with Crippen LogP contribution in [-0.4, -0.2) is 89.2 Å². The number of aliphatic hydroxyl groups is 2. The smallest absolute Gasteiger partial charge is 0.335 e. The van der Waals surface area contributed by atoms with E-state index in [1.165, 1.54) is 128 Å². The molecule has 464 valence electrons. The van der Waals surface area contributed by atoms with Gasteiger partial charge in [0.25, 0.3) is 0 Å². The zero-order valence-corrected chi connectivity index (χ0v) is 51.3. The summed E-state index contributed by atoms with van der Waals surface area (Å²) in [5, 5.41) is 31.6. The highest BCUT2D eigenvalue weighted by atomic mass is 16.7. The number of hydrogen-bond acceptors (Lipinski definition) is 11. The van der Waals surface area contributed by atoms with Crippen molar-refractivity contribution in [3.05, 3.63) is 85.1 Å². The first-order valence-electron chi connectivity index (χ1n) is 32.6. The van der Waals surface area contributed by atoms with Crippen molar-refractivity contribution in [1.82, 2.24) is 0 Å². The van der Waals surface area contributed by atoms with Crippen LogP contribution in [0, 0.1) is 0 Å². The summed E-state index contributed by atoms with van der Waals surface area (Å²) in [4.78, 5) is 51.2. The molecule has 0 aromatic rings. The summed E-state index contributed by atoms with van der Waals surface area (Å²) in [5.41, 5.74) is 0. The van der Waals surface area contributed by atoms with Gasteiger partial charge in [-0.3, -0.25) is 14.4 Å². The Morgan fingerprint density at radius 1 is 0.432 bits per heavy atom. The number of hydrogen-bond donors (Lipinski definition) is 3. The average molecular weight is 1140 g/mol. The number of carbonyl (C=O) groups is 4. The lowest BCUT2D eigenvalue weighted by atomic mass is 9.98. The van der Waals surface area contributed by atoms with Crippen molar-refractivity contribution in [2.45, 2.75) is 314 Å². The molecule has 1 aliphatic heterocycles. The van der Waals surface area contributed by atoms with Gasteiger partial charge in [0, 0.05) is 12.8 Å². The number of ether oxygens (including phenoxy) is 5. The number of aliphatic hydroxyl groups excluding tert-OH is 2. The SMILES string of the molecule is CC/C=C\C/C=C\C/C=C\C/C=C\C/C=C\CC(=O)OC(COC(=O)CCCCCCCCC/C=C\CCCCCCCC)COC1OC(C(=O)O)C(O)C(O)C1OC(=O)CCCCCCCCCCC/C=C\CCCCCCCC. The number of esters is 3. The quantitative estimate of drug-likeness (QED) is 0.0228. The molecule has 6 unspecified atom stereocenters. The lowest BCUT2D eigenvalue weighted by Crippen LogP contribution is -2.61. The van der Waals surface area contributed by atoms with Gasteiger partial charge in [0.05, 0.1) is 13.0 Å². The summed E-state index contributed by atoms with van der Waals surface area (Å²) < 4.78 is 28.4. The largest absolute Gasteiger partial charge is 0.479 e. The Morgan fingerprint density at radius 2 is 0.815 bits per heavy atom. The molecule has 1 saturated heterocycles. The summed E-state index contributed by atoms with van der Waals surface area (Å²) in [6, 6.07) is 0. The molecule has 0 bridgehead atoms. The molecule has 0 saturated carbocycles. The van der Waals surface area contributed by atoms with E-state index in [-0.39, 0.29) is 25.9 Å². The topological polar surface area (TPSA) is 175 Å². The van der Waals surface area contributed by atoms with Gasteiger partial charge in [0.1, 0.15) is 18.8 Å². The number of rotatable bonds is 55. The monoisotopic (exact) mass is 1140 g/mol. The normalized spacial score (nSPS) is 18.3. The molecule has 81 heavy (non-hydrogen) atoms. The molecule has 0 spiro atoms. The Labute approximate surface area is 492 Å². The highest BCUT2D eigenvalue weighted by molar-refractivity contribution is 5.74. The van der Waals surface area contributed by atoms with Gasteiger partial charge in [-0.1, -0.05) is 247 Å². The Hall–Kier alpha value is -4.10. The lowest BCUT2D eigenvalue weighted by molar-refractivity contribution is -0.301. The van der Waals surface area contributed by atoms with E-state index in [1.807, 2.05) is 12.2 Å². The van der Waals surface area contributed by atoms with Gasteiger partial charge in [-0.25, -0.2) is 4.79 Å². The van der Waals surface area contributed by atoms with E-state index < -0.39 is 67.3 Å². The van der Waals surface area contributed by atoms with Gasteiger partial charge in [-0.05, 0) is 96.3 Å². The zero-order valence-electron chi connectivity index (χ0n) is 51.3. The van der Waals surface area contributed by atoms with Crippen LogP contribution in [0.3, 0.4) is 0 Å². The number of carboxylic acid groups (broad SMARTS) is 1. The van der Waals surface area contributed by atoms with Crippen LogP contribution < -0.4 is 0 Å². The third-order valence-electron chi connectivity index (χ3n) is 14.5. The van der Waals surface area contributed by atoms with Crippen molar-refractivity contribution in [2.24, 2.45) is 0 Å². The molecule has 0 aromatic carbocycles. The maximum atomic E-state index is 13.1. The van der Waals surface area contributed by atoms with Crippen LogP contribution in [0.5, 0.6) is 0 Å². The minimum absolute atomic E-state index is 0.0456. The Bertz CT molecular complexity index is 1730. The third kappa shape index (κ3) is 46.0. The van der Waals surface area contributed by atoms with Crippen LogP contribution in [0.2, 0.25) is 0 Å². The van der Waals surface area contributed by atoms with Gasteiger partial charge in [0.2, 0.25) is 0 Å². The molecule has 6 atom stereocenters. The van der Waals surface area contributed by atoms with Crippen molar-refractivity contribution in [3.63, 3.8) is 0 Å². The van der Waals surface area contributed by atoms with Gasteiger partial charge < -0.3 is 39.0 Å². The van der Waals surface area contributed by atoms with Gasteiger partial charge in [-0.2, -0.15) is 0 Å². The van der Waals surface area contributed by atoms with Crippen LogP contribution in [0.1, 0.15) is 278 Å². The second kappa shape index (κ2) is 56.4. The first-order chi connectivity index (χ1) is 39.6. The first-order valence-corrected chi connectivity index (χ1v) is 32.6. The van der Waals surface area contributed by atoms with Gasteiger partial charge in [-0.15, -0.1) is 0 Å². The predicted molar refractivity (Wildman–Crippen MR) is 331 cm³/mol. The summed E-state index contributed by atoms with van der Waals surface area (Å²) >= 11 is 0. The Balaban J connectivity index is 2.69. The highest BCUT2D eigenvalue weighted by Gasteiger charge is 2.50. The van der Waals surface area contributed by atoms with E-state index in [9.17, 15) is 34.5 Å². The molecule has 0 aromatic heterocycles. The van der Waals surface area contributed by atoms with E-state index >= 15 is 0 Å². The summed E-state index contributed by atoms with van der Waals surface area (Å²) in [5.74, 6) is -3.29. The molecule has 1 fully saturated rings. The molecule has 12 nitrogen and oxygen atoms in total. The van der Waals surface area contributed by atoms with Crippen molar-refractivity contribution in [1.29, 1.82) is 0 Å². The molecule has 1 heterocycles. The number of carbonyl (C=O) groups excluding carboxylic acids is 3. The van der Waals surface area contributed by atoms with Crippen molar-refractivity contribution >= 4 is 23.9 Å². The standard InChI is InChI=1S/C69H116O12/c1-4-7-10-13-16-19-22-25-28-30-31-33-36-39-42-45-48-51-54-57-63(72)80-67-65(74)64(73)66(68(75)76)81-69(67)78-59-60(79-62(71)56-53-50-47-44-41-38-34-27-24-21-18-15-12-9-6-3)58-77-61(70)55-52-49-46-43-40-37-35-32-29-26-23-20-17-14-11-8-5-2/h9,12,18,21,25-29,34,41,44,50,53,60,64-67,69,73-74H,4-8,10-11,13-17,19-20,22-24,30-33,35-40,42-43,45-49,51-52,54-59H2,1-3H3,(H,75,76)/b12-9-,21-18-,28-25-,29-26-,34-27-,44-41-,53-50-. The van der Waals surface area contributed by atoms with Crippen LogP contribution in [0.4, 0.5) is 0 Å². The van der Waals surface area contributed by atoms with Crippen LogP contribution in [-0.2, 0) is 42.9 Å². The molecule has 0 radical (unpaired) electrons. The second-order valence-corrected chi connectivity index (χ2v) is 22.0. The van der Waals surface area contributed by atoms with Crippen LogP contribution in [0.15, 0.2) is 85.1 Å². The maximum absolute atomic E-state index is 13.1. The molecular weight excluding hydrogens is 1020 g/mol. The molecule has 0 aliphatic carbocycles. The highest BCUT2D eigenvalue weighted by Crippen LogP contribution is 2.26. The van der Waals surface area contributed by atoms with E-state index in [2.05, 4.69) is 87.6 Å². The van der Waals surface area contributed by atoms with Gasteiger partial charge in [0.15, 0.2) is 24.6 Å². The predicted octanol–water partition coefficient (Wildman–Crippen LogP) is 17.5. The second-order valence-electron chi connectivity index (χ2n) is 22.0. The molecular formula is C69H116O12. The Morgan fingerprint density at radius 3 is 1.23 bits per heavy atom. The van der Waals surface area contributed by atoms with Crippen molar-refractivity contribution in [2.75, 3.05) is 13.2 Å².